The fourth-order valence-corrected chi connectivity index (χ4v) is 2.00. The number of nitrogens with one attached hydrogen (secondary N) is 1. The van der Waals surface area contributed by atoms with Gasteiger partial charge in [0.25, 0.3) is 0 Å². The number of thiophene rings is 1. The van der Waals surface area contributed by atoms with Crippen molar-refractivity contribution in [3.63, 3.8) is 0 Å². The molecule has 0 aromatic carbocycles. The SMILES string of the molecule is CC(C)C.CCOC(=O)/C(=N\NCCC(C)C)c1cccs1. The number of esters is 1. The molecule has 0 bridgehead atoms. The molecular weight excluding hydrogens is 296 g/mol. The largest absolute Gasteiger partial charge is 0.461 e. The fourth-order valence-electron chi connectivity index (χ4n) is 1.30. The Hall–Kier alpha value is -1.36. The van der Waals surface area contributed by atoms with Gasteiger partial charge in [0.05, 0.1) is 11.5 Å². The predicted octanol–water partition coefficient (Wildman–Crippen LogP) is 4.31. The molecule has 22 heavy (non-hydrogen) atoms. The van der Waals surface area contributed by atoms with Crippen LogP contribution in [0.4, 0.5) is 0 Å². The van der Waals surface area contributed by atoms with Crippen molar-refractivity contribution in [3.8, 4) is 0 Å². The molecule has 0 aliphatic rings. The van der Waals surface area contributed by atoms with E-state index in [1.807, 2.05) is 17.5 Å². The van der Waals surface area contributed by atoms with Crippen molar-refractivity contribution in [2.24, 2.45) is 16.9 Å². The van der Waals surface area contributed by atoms with E-state index in [-0.39, 0.29) is 5.97 Å². The molecule has 0 atom stereocenters. The molecule has 0 aliphatic carbocycles. The van der Waals surface area contributed by atoms with Crippen LogP contribution in [0.15, 0.2) is 22.6 Å². The third-order valence-corrected chi connectivity index (χ3v) is 3.12. The summed E-state index contributed by atoms with van der Waals surface area (Å²) in [6.07, 6.45) is 1.02. The minimum Gasteiger partial charge on any atom is -0.461 e. The number of carbonyl (C=O) groups excluding carboxylic acids is 1. The molecule has 0 aliphatic heterocycles. The van der Waals surface area contributed by atoms with Crippen LogP contribution in [0.3, 0.4) is 0 Å². The fraction of sp³-hybridized carbons (Fsp3) is 0.647. The second kappa shape index (κ2) is 12.2. The Balaban J connectivity index is 0.000000980. The number of hydrazone groups is 1. The molecule has 0 saturated carbocycles. The standard InChI is InChI=1S/C13H20N2O2S.C4H10/c1-4-17-13(16)12(11-6-5-9-18-11)15-14-8-7-10(2)3;1-4(2)3/h5-6,9-10,14H,4,7-8H2,1-3H3;4H,1-3H3/b15-12-;. The van der Waals surface area contributed by atoms with Crippen molar-refractivity contribution in [3.05, 3.63) is 22.4 Å². The van der Waals surface area contributed by atoms with Crippen LogP contribution in [0, 0.1) is 11.8 Å². The Labute approximate surface area is 139 Å². The van der Waals surface area contributed by atoms with Crippen molar-refractivity contribution < 1.29 is 9.53 Å². The molecular formula is C17H30N2O2S. The first-order chi connectivity index (χ1) is 10.4. The second-order valence-electron chi connectivity index (χ2n) is 5.98. The van der Waals surface area contributed by atoms with Gasteiger partial charge in [0, 0.05) is 6.54 Å². The molecule has 0 amide bonds. The Morgan fingerprint density at radius 2 is 1.95 bits per heavy atom. The number of nitrogens with zero attached hydrogens (tertiary/aromatic N) is 1. The van der Waals surface area contributed by atoms with E-state index in [0.29, 0.717) is 18.2 Å². The predicted molar refractivity (Wildman–Crippen MR) is 95.5 cm³/mol. The summed E-state index contributed by atoms with van der Waals surface area (Å²) in [5.41, 5.74) is 3.30. The van der Waals surface area contributed by atoms with Crippen molar-refractivity contribution in [1.29, 1.82) is 0 Å². The van der Waals surface area contributed by atoms with Gasteiger partial charge in [-0.2, -0.15) is 5.10 Å². The number of hydrogen-bond acceptors (Lipinski definition) is 5. The molecule has 1 aromatic heterocycles. The average molecular weight is 327 g/mol. The summed E-state index contributed by atoms with van der Waals surface area (Å²) in [6, 6.07) is 3.76. The van der Waals surface area contributed by atoms with Gasteiger partial charge in [-0.05, 0) is 36.6 Å². The van der Waals surface area contributed by atoms with Crippen LogP contribution < -0.4 is 5.43 Å². The lowest BCUT2D eigenvalue weighted by Gasteiger charge is -2.06. The molecule has 0 unspecified atom stereocenters. The van der Waals surface area contributed by atoms with Gasteiger partial charge in [-0.1, -0.05) is 40.7 Å². The number of carbonyl (C=O) groups is 1. The zero-order valence-electron chi connectivity index (χ0n) is 14.7. The summed E-state index contributed by atoms with van der Waals surface area (Å²) in [5.74, 6) is 1.07. The summed E-state index contributed by atoms with van der Waals surface area (Å²) in [5, 5.41) is 6.07. The molecule has 1 N–H and O–H groups in total. The molecule has 0 radical (unpaired) electrons. The highest BCUT2D eigenvalue weighted by molar-refractivity contribution is 7.13. The molecule has 1 aromatic rings. The van der Waals surface area contributed by atoms with Crippen molar-refractivity contribution in [2.45, 2.75) is 48.0 Å². The van der Waals surface area contributed by atoms with Crippen LogP contribution >= 0.6 is 11.3 Å². The van der Waals surface area contributed by atoms with E-state index in [9.17, 15) is 4.79 Å². The highest BCUT2D eigenvalue weighted by atomic mass is 32.1. The van der Waals surface area contributed by atoms with Gasteiger partial charge in [0.2, 0.25) is 0 Å². The maximum Gasteiger partial charge on any atom is 0.360 e. The lowest BCUT2D eigenvalue weighted by molar-refractivity contribution is -0.134. The van der Waals surface area contributed by atoms with Crippen molar-refractivity contribution in [1.82, 2.24) is 5.43 Å². The number of hydrogen-bond donors (Lipinski definition) is 1. The smallest absolute Gasteiger partial charge is 0.360 e. The number of ether oxygens (including phenoxy) is 1. The molecule has 4 nitrogen and oxygen atoms in total. The van der Waals surface area contributed by atoms with Gasteiger partial charge in [0.15, 0.2) is 5.71 Å². The maximum atomic E-state index is 11.8. The van der Waals surface area contributed by atoms with Crippen LogP contribution in [0.1, 0.15) is 52.8 Å². The monoisotopic (exact) mass is 326 g/mol. The van der Waals surface area contributed by atoms with Gasteiger partial charge < -0.3 is 10.2 Å². The van der Waals surface area contributed by atoms with Crippen molar-refractivity contribution >= 4 is 23.0 Å². The van der Waals surface area contributed by atoms with Gasteiger partial charge in [0.1, 0.15) is 0 Å². The highest BCUT2D eigenvalue weighted by Crippen LogP contribution is 2.11. The molecule has 0 spiro atoms. The van der Waals surface area contributed by atoms with E-state index in [1.54, 1.807) is 6.92 Å². The zero-order valence-corrected chi connectivity index (χ0v) is 15.5. The lowest BCUT2D eigenvalue weighted by Crippen LogP contribution is -2.22. The molecule has 1 heterocycles. The molecule has 0 fully saturated rings. The summed E-state index contributed by atoms with van der Waals surface area (Å²) < 4.78 is 5.00. The molecule has 126 valence electrons. The Morgan fingerprint density at radius 3 is 2.41 bits per heavy atom. The number of rotatable bonds is 7. The molecule has 0 saturated heterocycles. The molecule has 1 rings (SSSR count). The Bertz CT molecular complexity index is 423. The normalized spacial score (nSPS) is 11.2. The van der Waals surface area contributed by atoms with Crippen LogP contribution in [-0.4, -0.2) is 24.8 Å². The van der Waals surface area contributed by atoms with Gasteiger partial charge in [-0.3, -0.25) is 0 Å². The summed E-state index contributed by atoms with van der Waals surface area (Å²) in [4.78, 5) is 12.6. The maximum absolute atomic E-state index is 11.8. The third kappa shape index (κ3) is 10.4. The van der Waals surface area contributed by atoms with Crippen LogP contribution in [-0.2, 0) is 9.53 Å². The van der Waals surface area contributed by atoms with Gasteiger partial charge >= 0.3 is 5.97 Å². The van der Waals surface area contributed by atoms with E-state index >= 15 is 0 Å². The van der Waals surface area contributed by atoms with Crippen LogP contribution in [0.5, 0.6) is 0 Å². The minimum atomic E-state index is -0.378. The second-order valence-corrected chi connectivity index (χ2v) is 6.93. The van der Waals surface area contributed by atoms with Gasteiger partial charge in [-0.15, -0.1) is 11.3 Å². The van der Waals surface area contributed by atoms with E-state index in [4.69, 9.17) is 4.74 Å². The van der Waals surface area contributed by atoms with Crippen molar-refractivity contribution in [2.75, 3.05) is 13.2 Å². The molecule has 5 heteroatoms. The average Bonchev–Trinajstić information content (AvgIpc) is 2.91. The highest BCUT2D eigenvalue weighted by Gasteiger charge is 2.16. The van der Waals surface area contributed by atoms with E-state index < -0.39 is 0 Å². The van der Waals surface area contributed by atoms with Gasteiger partial charge in [-0.25, -0.2) is 4.79 Å². The first-order valence-electron chi connectivity index (χ1n) is 7.89. The Morgan fingerprint density at radius 1 is 1.32 bits per heavy atom. The van der Waals surface area contributed by atoms with Crippen LogP contribution in [0.25, 0.3) is 0 Å². The quantitative estimate of drug-likeness (QED) is 0.351. The lowest BCUT2D eigenvalue weighted by atomic mass is 10.1. The summed E-state index contributed by atoms with van der Waals surface area (Å²) >= 11 is 1.48. The van der Waals surface area contributed by atoms with E-state index in [0.717, 1.165) is 23.8 Å². The summed E-state index contributed by atoms with van der Waals surface area (Å²) in [6.45, 7) is 13.7. The van der Waals surface area contributed by atoms with E-state index in [1.165, 1.54) is 11.3 Å². The summed E-state index contributed by atoms with van der Waals surface area (Å²) in [7, 11) is 0. The topological polar surface area (TPSA) is 50.7 Å². The first-order valence-corrected chi connectivity index (χ1v) is 8.77. The van der Waals surface area contributed by atoms with E-state index in [2.05, 4.69) is 45.1 Å². The third-order valence-electron chi connectivity index (χ3n) is 2.25. The Kier molecular flexibility index (Phi) is 11.5. The zero-order chi connectivity index (χ0) is 17.0. The van der Waals surface area contributed by atoms with Crippen LogP contribution in [0.2, 0.25) is 0 Å². The first kappa shape index (κ1) is 20.6. The minimum absolute atomic E-state index is 0.356.